The van der Waals surface area contributed by atoms with Crippen molar-refractivity contribution in [1.82, 2.24) is 10.6 Å². The summed E-state index contributed by atoms with van der Waals surface area (Å²) < 4.78 is 6.69. The molecular weight excluding hydrogens is 380 g/mol. The van der Waals surface area contributed by atoms with Crippen molar-refractivity contribution in [2.75, 3.05) is 6.61 Å². The Kier molecular flexibility index (Phi) is 9.82. The van der Waals surface area contributed by atoms with Crippen LogP contribution < -0.4 is 15.4 Å². The first-order valence-electron chi connectivity index (χ1n) is 7.67. The van der Waals surface area contributed by atoms with Crippen LogP contribution in [0.25, 0.3) is 0 Å². The fourth-order valence-corrected chi connectivity index (χ4v) is 2.26. The Morgan fingerprint density at radius 3 is 2.57 bits per heavy atom. The Labute approximate surface area is 154 Å². The fraction of sp³-hybridized carbons (Fsp3) is 0.588. The minimum absolute atomic E-state index is 0. The van der Waals surface area contributed by atoms with E-state index in [0.717, 1.165) is 22.2 Å². The second-order valence-electron chi connectivity index (χ2n) is 6.53. The predicted molar refractivity (Wildman–Crippen MR) is 101 cm³/mol. The zero-order valence-electron chi connectivity index (χ0n) is 14.5. The number of rotatable bonds is 7. The molecule has 0 aliphatic rings. The molecule has 1 aromatic rings. The van der Waals surface area contributed by atoms with Crippen molar-refractivity contribution < 1.29 is 9.53 Å². The van der Waals surface area contributed by atoms with E-state index in [-0.39, 0.29) is 30.5 Å². The first kappa shape index (κ1) is 22.2. The molecule has 0 bridgehead atoms. The van der Waals surface area contributed by atoms with E-state index in [0.29, 0.717) is 12.6 Å². The minimum atomic E-state index is -0.249. The van der Waals surface area contributed by atoms with Gasteiger partial charge in [0.2, 0.25) is 0 Å². The molecule has 1 rings (SSSR count). The molecule has 2 N–H and O–H groups in total. The van der Waals surface area contributed by atoms with Gasteiger partial charge in [-0.15, -0.1) is 12.4 Å². The third-order valence-corrected chi connectivity index (χ3v) is 3.64. The van der Waals surface area contributed by atoms with Gasteiger partial charge in [0, 0.05) is 28.2 Å². The van der Waals surface area contributed by atoms with Gasteiger partial charge in [0.15, 0.2) is 6.61 Å². The zero-order valence-corrected chi connectivity index (χ0v) is 16.9. The second-order valence-corrected chi connectivity index (χ2v) is 7.44. The minimum Gasteiger partial charge on any atom is -0.483 e. The van der Waals surface area contributed by atoms with E-state index in [1.165, 1.54) is 0 Å². The van der Waals surface area contributed by atoms with E-state index in [1.54, 1.807) is 0 Å². The van der Waals surface area contributed by atoms with Gasteiger partial charge in [0.1, 0.15) is 5.75 Å². The molecule has 6 heteroatoms. The van der Waals surface area contributed by atoms with Crippen LogP contribution in [-0.4, -0.2) is 24.1 Å². The van der Waals surface area contributed by atoms with Gasteiger partial charge in [-0.3, -0.25) is 4.79 Å². The van der Waals surface area contributed by atoms with Crippen LogP contribution in [0.5, 0.6) is 5.75 Å². The summed E-state index contributed by atoms with van der Waals surface area (Å²) in [7, 11) is 0. The second kappa shape index (κ2) is 10.2. The molecule has 132 valence electrons. The summed E-state index contributed by atoms with van der Waals surface area (Å²) >= 11 is 3.48. The Balaban J connectivity index is 0.00000484. The molecule has 0 heterocycles. The molecule has 0 aliphatic carbocycles. The van der Waals surface area contributed by atoms with Gasteiger partial charge in [-0.05, 0) is 52.3 Å². The monoisotopic (exact) mass is 406 g/mol. The summed E-state index contributed by atoms with van der Waals surface area (Å²) in [5, 5.41) is 6.33. The Morgan fingerprint density at radius 2 is 2.00 bits per heavy atom. The number of carbonyl (C=O) groups is 1. The molecule has 1 atom stereocenters. The smallest absolute Gasteiger partial charge is 0.258 e. The summed E-state index contributed by atoms with van der Waals surface area (Å²) in [6.07, 6.45) is 1.07. The van der Waals surface area contributed by atoms with Crippen LogP contribution in [0, 0.1) is 0 Å². The van der Waals surface area contributed by atoms with Crippen LogP contribution >= 0.6 is 28.3 Å². The van der Waals surface area contributed by atoms with Gasteiger partial charge in [0.25, 0.3) is 5.91 Å². The molecular formula is C17H28BrClN2O2. The molecule has 0 spiro atoms. The van der Waals surface area contributed by atoms with Crippen molar-refractivity contribution >= 4 is 34.2 Å². The van der Waals surface area contributed by atoms with Crippen molar-refractivity contribution in [2.45, 2.75) is 59.2 Å². The number of carbonyl (C=O) groups excluding carboxylic acids is 1. The number of nitrogens with one attached hydrogen (secondary N) is 2. The number of amides is 1. The van der Waals surface area contributed by atoms with Crippen LogP contribution in [0.4, 0.5) is 0 Å². The summed E-state index contributed by atoms with van der Waals surface area (Å²) in [5.74, 6) is 0.624. The molecule has 23 heavy (non-hydrogen) atoms. The van der Waals surface area contributed by atoms with E-state index in [2.05, 4.69) is 40.4 Å². The van der Waals surface area contributed by atoms with Crippen LogP contribution in [-0.2, 0) is 11.3 Å². The van der Waals surface area contributed by atoms with Crippen molar-refractivity contribution in [3.8, 4) is 5.75 Å². The Morgan fingerprint density at radius 1 is 1.35 bits per heavy atom. The van der Waals surface area contributed by atoms with Crippen LogP contribution in [0.1, 0.15) is 46.6 Å². The largest absolute Gasteiger partial charge is 0.483 e. The normalized spacial score (nSPS) is 12.3. The summed E-state index contributed by atoms with van der Waals surface area (Å²) in [5.41, 5.74) is 0.791. The Bertz CT molecular complexity index is 504. The Hall–Kier alpha value is -0.780. The molecule has 1 amide bonds. The van der Waals surface area contributed by atoms with E-state index in [9.17, 15) is 4.79 Å². The number of hydrogen-bond donors (Lipinski definition) is 2. The molecule has 1 aromatic carbocycles. The molecule has 0 fully saturated rings. The van der Waals surface area contributed by atoms with Crippen LogP contribution in [0.15, 0.2) is 22.7 Å². The van der Waals surface area contributed by atoms with E-state index in [4.69, 9.17) is 4.74 Å². The molecule has 0 saturated carbocycles. The third-order valence-electron chi connectivity index (χ3n) is 3.15. The van der Waals surface area contributed by atoms with Crippen molar-refractivity contribution in [3.05, 3.63) is 28.2 Å². The quantitative estimate of drug-likeness (QED) is 0.717. The maximum absolute atomic E-state index is 11.9. The topological polar surface area (TPSA) is 50.4 Å². The number of hydrogen-bond acceptors (Lipinski definition) is 3. The third kappa shape index (κ3) is 9.18. The fourth-order valence-electron chi connectivity index (χ4n) is 1.85. The lowest BCUT2D eigenvalue weighted by Crippen LogP contribution is -2.43. The van der Waals surface area contributed by atoms with Crippen molar-refractivity contribution in [2.24, 2.45) is 0 Å². The van der Waals surface area contributed by atoms with E-state index in [1.807, 2.05) is 39.0 Å². The van der Waals surface area contributed by atoms with Gasteiger partial charge < -0.3 is 15.4 Å². The molecule has 4 nitrogen and oxygen atoms in total. The lowest BCUT2D eigenvalue weighted by molar-refractivity contribution is -0.124. The zero-order chi connectivity index (χ0) is 16.8. The standard InChI is InChI=1S/C17H27BrN2O2.ClH/c1-6-12(2)19-10-13-9-14(18)7-8-15(13)22-11-16(21)20-17(3,4)5;/h7-9,12,19H,6,10-11H2,1-5H3,(H,20,21);1H. The predicted octanol–water partition coefficient (Wildman–Crippen LogP) is 4.05. The van der Waals surface area contributed by atoms with Gasteiger partial charge in [-0.1, -0.05) is 22.9 Å². The van der Waals surface area contributed by atoms with Gasteiger partial charge in [-0.25, -0.2) is 0 Å². The average Bonchev–Trinajstić information content (AvgIpc) is 2.41. The first-order chi connectivity index (χ1) is 10.2. The highest BCUT2D eigenvalue weighted by molar-refractivity contribution is 9.10. The highest BCUT2D eigenvalue weighted by Crippen LogP contribution is 2.23. The van der Waals surface area contributed by atoms with Crippen molar-refractivity contribution in [1.29, 1.82) is 0 Å². The summed E-state index contributed by atoms with van der Waals surface area (Å²) in [4.78, 5) is 11.9. The molecule has 1 unspecified atom stereocenters. The van der Waals surface area contributed by atoms with Crippen LogP contribution in [0.3, 0.4) is 0 Å². The van der Waals surface area contributed by atoms with Crippen molar-refractivity contribution in [3.63, 3.8) is 0 Å². The number of benzene rings is 1. The first-order valence-corrected chi connectivity index (χ1v) is 8.46. The molecule has 0 saturated heterocycles. The highest BCUT2D eigenvalue weighted by atomic mass is 79.9. The maximum atomic E-state index is 11.9. The number of ether oxygens (including phenoxy) is 1. The van der Waals surface area contributed by atoms with E-state index >= 15 is 0 Å². The molecule has 0 radical (unpaired) electrons. The summed E-state index contributed by atoms with van der Waals surface area (Å²) in [6, 6.07) is 6.27. The van der Waals surface area contributed by atoms with Gasteiger partial charge in [-0.2, -0.15) is 0 Å². The average molecular weight is 408 g/mol. The SMILES string of the molecule is CCC(C)NCc1cc(Br)ccc1OCC(=O)NC(C)(C)C.Cl. The lowest BCUT2D eigenvalue weighted by Gasteiger charge is -2.21. The summed E-state index contributed by atoms with van der Waals surface area (Å²) in [6.45, 7) is 10.9. The lowest BCUT2D eigenvalue weighted by atomic mass is 10.1. The number of halogens is 2. The van der Waals surface area contributed by atoms with Gasteiger partial charge in [0.05, 0.1) is 0 Å². The highest BCUT2D eigenvalue weighted by Gasteiger charge is 2.15. The molecule has 0 aliphatic heterocycles. The van der Waals surface area contributed by atoms with E-state index < -0.39 is 0 Å². The molecule has 0 aromatic heterocycles. The van der Waals surface area contributed by atoms with Crippen LogP contribution in [0.2, 0.25) is 0 Å². The maximum Gasteiger partial charge on any atom is 0.258 e. The van der Waals surface area contributed by atoms with Gasteiger partial charge >= 0.3 is 0 Å².